The summed E-state index contributed by atoms with van der Waals surface area (Å²) in [4.78, 5) is 18.1. The van der Waals surface area contributed by atoms with Crippen LogP contribution < -0.4 is 10.4 Å². The van der Waals surface area contributed by atoms with Crippen LogP contribution >= 0.6 is 0 Å². The summed E-state index contributed by atoms with van der Waals surface area (Å²) in [5.41, 5.74) is -1.53. The van der Waals surface area contributed by atoms with Gasteiger partial charge >= 0.3 is 5.63 Å². The maximum Gasteiger partial charge on any atom is 0.345 e. The van der Waals surface area contributed by atoms with Gasteiger partial charge in [0.25, 0.3) is 0 Å². The molecule has 0 bridgehead atoms. The summed E-state index contributed by atoms with van der Waals surface area (Å²) in [6.07, 6.45) is 9.48. The molecule has 3 saturated heterocycles. The van der Waals surface area contributed by atoms with E-state index in [9.17, 15) is 9.90 Å². The molecule has 6 aliphatic rings. The van der Waals surface area contributed by atoms with E-state index in [4.69, 9.17) is 37.6 Å². The van der Waals surface area contributed by atoms with Crippen molar-refractivity contribution in [1.29, 1.82) is 0 Å². The van der Waals surface area contributed by atoms with Crippen LogP contribution in [0.2, 0.25) is 0 Å². The van der Waals surface area contributed by atoms with Crippen molar-refractivity contribution in [1.82, 2.24) is 4.98 Å². The van der Waals surface area contributed by atoms with Crippen molar-refractivity contribution in [3.8, 4) is 17.1 Å². The molecule has 11 nitrogen and oxygen atoms in total. The first-order valence-corrected chi connectivity index (χ1v) is 19.3. The largest absolute Gasteiger partial charge is 0.484 e. The molecule has 3 unspecified atom stereocenters. The number of aliphatic hydroxyl groups is 1. The summed E-state index contributed by atoms with van der Waals surface area (Å²) in [5.74, 6) is 0.278. The monoisotopic (exact) mass is 709 g/mol. The van der Waals surface area contributed by atoms with Crippen LogP contribution in [0.15, 0.2) is 39.8 Å². The van der Waals surface area contributed by atoms with Crippen molar-refractivity contribution >= 4 is 0 Å². The standard InChI is InChI=1S/C40H55NO10/c1-38-13-6-32(48-27-9-17-45-18-10-27)39(2,24-47-26-7-15-44-16-8-26)31(38)22-33(49-28-11-19-46-20-12-28)40(3)36(38)35(42)34-30(51-40)21-29(50-37(34)43)25-5-4-14-41-23-25/h4-5,14,21,23,26-28,31-33,35-36,42H,6-13,15-20,22,24H2,1-3H3/t31?,32-,33-,35?,36?,38-,39-,40+/m0/s1. The Bertz CT molecular complexity index is 1550. The third-order valence-electron chi connectivity index (χ3n) is 13.4. The van der Waals surface area contributed by atoms with E-state index in [1.54, 1.807) is 24.5 Å². The minimum absolute atomic E-state index is 0.00198. The number of aromatic nitrogens is 1. The van der Waals surface area contributed by atoms with Crippen molar-refractivity contribution in [2.24, 2.45) is 22.7 Å². The first-order chi connectivity index (χ1) is 24.7. The lowest BCUT2D eigenvalue weighted by atomic mass is 9.42. The van der Waals surface area contributed by atoms with Crippen molar-refractivity contribution in [2.45, 2.75) is 121 Å². The number of rotatable bonds is 8. The highest BCUT2D eigenvalue weighted by Gasteiger charge is 2.70. The SMILES string of the molecule is C[C@]12CC[C@H](OC3CCOCC3)[C@@](C)(COC3CCOCC3)C1C[C@H](OC1CCOCC1)[C@@]1(C)Oc3cc(-c4cccnc4)oc(=O)c3C(O)C21. The number of hydrogen-bond acceptors (Lipinski definition) is 11. The van der Waals surface area contributed by atoms with Gasteiger partial charge in [-0.05, 0) is 88.2 Å². The van der Waals surface area contributed by atoms with Crippen LogP contribution in [-0.4, -0.2) is 92.5 Å². The van der Waals surface area contributed by atoms with Crippen LogP contribution in [0.4, 0.5) is 0 Å². The normalized spacial score (nSPS) is 37.9. The lowest BCUT2D eigenvalue weighted by Crippen LogP contribution is -2.71. The molecule has 2 saturated carbocycles. The van der Waals surface area contributed by atoms with Gasteiger partial charge in [0.05, 0.1) is 43.2 Å². The van der Waals surface area contributed by atoms with E-state index in [-0.39, 0.29) is 42.0 Å². The highest BCUT2D eigenvalue weighted by molar-refractivity contribution is 5.59. The smallest absolute Gasteiger partial charge is 0.345 e. The molecule has 2 aromatic heterocycles. The van der Waals surface area contributed by atoms with E-state index in [0.29, 0.717) is 69.7 Å². The first-order valence-electron chi connectivity index (χ1n) is 19.3. The van der Waals surface area contributed by atoms with Gasteiger partial charge in [-0.3, -0.25) is 4.98 Å². The first kappa shape index (κ1) is 35.6. The fraction of sp³-hybridized carbons (Fsp3) is 0.750. The van der Waals surface area contributed by atoms with Crippen LogP contribution in [0, 0.1) is 22.7 Å². The minimum Gasteiger partial charge on any atom is -0.484 e. The van der Waals surface area contributed by atoms with Crippen LogP contribution in [0.5, 0.6) is 5.75 Å². The van der Waals surface area contributed by atoms with Crippen molar-refractivity contribution in [3.63, 3.8) is 0 Å². The van der Waals surface area contributed by atoms with Crippen molar-refractivity contribution < 1.29 is 42.7 Å². The highest BCUT2D eigenvalue weighted by atomic mass is 16.6. The number of aliphatic hydroxyl groups excluding tert-OH is 1. The average Bonchev–Trinajstić information content (AvgIpc) is 3.14. The second-order valence-electron chi connectivity index (χ2n) is 16.5. The second-order valence-corrected chi connectivity index (χ2v) is 16.5. The summed E-state index contributed by atoms with van der Waals surface area (Å²) in [5, 5.41) is 12.6. The molecule has 8 rings (SSSR count). The summed E-state index contributed by atoms with van der Waals surface area (Å²) in [7, 11) is 0. The zero-order chi connectivity index (χ0) is 35.2. The molecule has 0 amide bonds. The predicted octanol–water partition coefficient (Wildman–Crippen LogP) is 5.65. The number of nitrogens with zero attached hydrogens (tertiary/aromatic N) is 1. The molecule has 2 aliphatic carbocycles. The van der Waals surface area contributed by atoms with Gasteiger partial charge in [-0.1, -0.05) is 13.8 Å². The Hall–Kier alpha value is -2.38. The van der Waals surface area contributed by atoms with E-state index >= 15 is 0 Å². The van der Waals surface area contributed by atoms with Gasteiger partial charge in [-0.2, -0.15) is 0 Å². The molecule has 280 valence electrons. The zero-order valence-corrected chi connectivity index (χ0v) is 30.4. The van der Waals surface area contributed by atoms with Gasteiger partial charge in [0.1, 0.15) is 22.7 Å². The topological polar surface area (TPSA) is 128 Å². The molecule has 8 atom stereocenters. The van der Waals surface area contributed by atoms with Crippen LogP contribution in [0.1, 0.15) is 90.2 Å². The molecular weight excluding hydrogens is 654 g/mol. The average molecular weight is 710 g/mol. The minimum atomic E-state index is -1.12. The zero-order valence-electron chi connectivity index (χ0n) is 30.4. The number of fused-ring (bicyclic) bond motifs is 4. The summed E-state index contributed by atoms with van der Waals surface area (Å²) in [6.45, 7) is 11.4. The Balaban J connectivity index is 1.20. The Labute approximate surface area is 300 Å². The predicted molar refractivity (Wildman–Crippen MR) is 186 cm³/mol. The fourth-order valence-corrected chi connectivity index (χ4v) is 10.7. The quantitative estimate of drug-likeness (QED) is 0.365. The molecule has 2 aromatic rings. The number of pyridine rings is 1. The Morgan fingerprint density at radius 1 is 0.863 bits per heavy atom. The summed E-state index contributed by atoms with van der Waals surface area (Å²) in [6, 6.07) is 5.38. The molecule has 5 fully saturated rings. The molecule has 1 N–H and O–H groups in total. The molecule has 0 aromatic carbocycles. The molecular formula is C40H55NO10. The maximum atomic E-state index is 13.9. The molecule has 6 heterocycles. The van der Waals surface area contributed by atoms with Gasteiger partial charge in [-0.25, -0.2) is 4.79 Å². The van der Waals surface area contributed by atoms with E-state index in [0.717, 1.165) is 51.4 Å². The van der Waals surface area contributed by atoms with E-state index < -0.39 is 34.1 Å². The lowest BCUT2D eigenvalue weighted by Gasteiger charge is -2.67. The third-order valence-corrected chi connectivity index (χ3v) is 13.4. The Morgan fingerprint density at radius 3 is 2.12 bits per heavy atom. The Kier molecular flexibility index (Phi) is 10.1. The molecule has 0 spiro atoms. The third kappa shape index (κ3) is 6.59. The van der Waals surface area contributed by atoms with Crippen molar-refractivity contribution in [2.75, 3.05) is 46.2 Å². The maximum absolute atomic E-state index is 13.9. The van der Waals surface area contributed by atoms with Crippen molar-refractivity contribution in [3.05, 3.63) is 46.6 Å². The van der Waals surface area contributed by atoms with E-state index in [1.807, 2.05) is 6.07 Å². The van der Waals surface area contributed by atoms with Gasteiger partial charge in [0, 0.05) is 75.0 Å². The van der Waals surface area contributed by atoms with Gasteiger partial charge in [-0.15, -0.1) is 0 Å². The summed E-state index contributed by atoms with van der Waals surface area (Å²) >= 11 is 0. The van der Waals surface area contributed by atoms with Gasteiger partial charge < -0.3 is 42.7 Å². The molecule has 51 heavy (non-hydrogen) atoms. The van der Waals surface area contributed by atoms with Gasteiger partial charge in [0.2, 0.25) is 0 Å². The lowest BCUT2D eigenvalue weighted by molar-refractivity contribution is -0.291. The Morgan fingerprint density at radius 2 is 1.49 bits per heavy atom. The number of ether oxygens (including phenoxy) is 7. The summed E-state index contributed by atoms with van der Waals surface area (Å²) < 4.78 is 51.1. The van der Waals surface area contributed by atoms with Gasteiger partial charge in [0.15, 0.2) is 0 Å². The van der Waals surface area contributed by atoms with E-state index in [1.165, 1.54) is 0 Å². The molecule has 0 radical (unpaired) electrons. The molecule has 11 heteroatoms. The fourth-order valence-electron chi connectivity index (χ4n) is 10.7. The van der Waals surface area contributed by atoms with E-state index in [2.05, 4.69) is 25.8 Å². The van der Waals surface area contributed by atoms with Crippen LogP contribution in [0.25, 0.3) is 11.3 Å². The highest BCUT2D eigenvalue weighted by Crippen LogP contribution is 2.68. The van der Waals surface area contributed by atoms with Crippen LogP contribution in [0.3, 0.4) is 0 Å². The molecule has 4 aliphatic heterocycles. The van der Waals surface area contributed by atoms with Crippen LogP contribution in [-0.2, 0) is 28.4 Å². The second kappa shape index (κ2) is 14.5. The number of hydrogen-bond donors (Lipinski definition) is 1.